The van der Waals surface area contributed by atoms with Crippen LogP contribution in [0.2, 0.25) is 0 Å². The van der Waals surface area contributed by atoms with Gasteiger partial charge in [-0.3, -0.25) is 9.59 Å². The molecular weight excluding hydrogens is 275 g/mol. The van der Waals surface area contributed by atoms with Gasteiger partial charge in [0.05, 0.1) is 5.92 Å². The zero-order chi connectivity index (χ0) is 15.7. The lowest BCUT2D eigenvalue weighted by Crippen LogP contribution is -2.33. The predicted octanol–water partition coefficient (Wildman–Crippen LogP) is 2.41. The molecule has 0 saturated carbocycles. The summed E-state index contributed by atoms with van der Waals surface area (Å²) in [5.74, 6) is -2.29. The molecule has 0 spiro atoms. The molecular formula is C15H17FN2O3. The van der Waals surface area contributed by atoms with E-state index >= 15 is 0 Å². The van der Waals surface area contributed by atoms with E-state index in [1.807, 2.05) is 0 Å². The lowest BCUT2D eigenvalue weighted by Gasteiger charge is -2.18. The van der Waals surface area contributed by atoms with Crippen molar-refractivity contribution in [2.45, 2.75) is 13.8 Å². The fraction of sp³-hybridized carbons (Fsp3) is 0.333. The monoisotopic (exact) mass is 292 g/mol. The third-order valence-corrected chi connectivity index (χ3v) is 3.46. The molecule has 1 heterocycles. The third-order valence-electron chi connectivity index (χ3n) is 3.46. The Balaban J connectivity index is 2.27. The molecule has 1 amide bonds. The molecule has 6 heteroatoms. The van der Waals surface area contributed by atoms with Gasteiger partial charge in [-0.15, -0.1) is 0 Å². The highest BCUT2D eigenvalue weighted by Crippen LogP contribution is 2.21. The minimum Gasteiger partial charge on any atom is -0.481 e. The standard InChI is InChI=1S/C15H17FN2O3/c1-8-4-10(16)5-12-11(8)6-13(17-12)14(19)18(3)7-9(2)15(20)21/h4-6,9,17H,7H2,1-3H3,(H,20,21). The maximum absolute atomic E-state index is 13.3. The van der Waals surface area contributed by atoms with Crippen molar-refractivity contribution in [3.05, 3.63) is 35.3 Å². The first kappa shape index (κ1) is 15.0. The van der Waals surface area contributed by atoms with E-state index in [1.165, 1.54) is 24.0 Å². The largest absolute Gasteiger partial charge is 0.481 e. The van der Waals surface area contributed by atoms with Crippen LogP contribution in [0.1, 0.15) is 23.0 Å². The van der Waals surface area contributed by atoms with Crippen LogP contribution >= 0.6 is 0 Å². The number of aromatic nitrogens is 1. The van der Waals surface area contributed by atoms with Gasteiger partial charge in [0, 0.05) is 24.5 Å². The van der Waals surface area contributed by atoms with Crippen molar-refractivity contribution in [3.8, 4) is 0 Å². The van der Waals surface area contributed by atoms with Crippen LogP contribution in [0.15, 0.2) is 18.2 Å². The highest BCUT2D eigenvalue weighted by atomic mass is 19.1. The summed E-state index contributed by atoms with van der Waals surface area (Å²) in [5.41, 5.74) is 1.61. The highest BCUT2D eigenvalue weighted by molar-refractivity contribution is 5.98. The molecule has 2 rings (SSSR count). The summed E-state index contributed by atoms with van der Waals surface area (Å²) in [4.78, 5) is 27.3. The predicted molar refractivity (Wildman–Crippen MR) is 76.8 cm³/mol. The number of aryl methyl sites for hydroxylation is 1. The zero-order valence-electron chi connectivity index (χ0n) is 12.1. The number of carboxylic acids is 1. The molecule has 112 valence electrons. The molecule has 21 heavy (non-hydrogen) atoms. The Hall–Kier alpha value is -2.37. The quantitative estimate of drug-likeness (QED) is 0.908. The number of carboxylic acid groups (broad SMARTS) is 1. The number of hydrogen-bond donors (Lipinski definition) is 2. The van der Waals surface area contributed by atoms with Gasteiger partial charge in [0.25, 0.3) is 5.91 Å². The molecule has 5 nitrogen and oxygen atoms in total. The van der Waals surface area contributed by atoms with Crippen LogP contribution in [0.5, 0.6) is 0 Å². The Labute approximate surface area is 121 Å². The number of nitrogens with zero attached hydrogens (tertiary/aromatic N) is 1. The second kappa shape index (κ2) is 5.55. The van der Waals surface area contributed by atoms with Gasteiger partial charge in [0.1, 0.15) is 11.5 Å². The van der Waals surface area contributed by atoms with E-state index in [2.05, 4.69) is 4.98 Å². The molecule has 0 fully saturated rings. The number of carbonyl (C=O) groups excluding carboxylic acids is 1. The van der Waals surface area contributed by atoms with E-state index < -0.39 is 11.9 Å². The highest BCUT2D eigenvalue weighted by Gasteiger charge is 2.20. The Morgan fingerprint density at radius 1 is 1.38 bits per heavy atom. The van der Waals surface area contributed by atoms with Gasteiger partial charge >= 0.3 is 5.97 Å². The summed E-state index contributed by atoms with van der Waals surface area (Å²) in [5, 5.41) is 9.65. The number of halogens is 1. The summed E-state index contributed by atoms with van der Waals surface area (Å²) in [7, 11) is 1.54. The minimum atomic E-state index is -0.954. The summed E-state index contributed by atoms with van der Waals surface area (Å²) < 4.78 is 13.3. The Kier molecular flexibility index (Phi) is 3.97. The van der Waals surface area contributed by atoms with Crippen LogP contribution in [-0.4, -0.2) is 40.5 Å². The molecule has 0 bridgehead atoms. The molecule has 1 aromatic heterocycles. The number of aliphatic carboxylic acids is 1. The topological polar surface area (TPSA) is 73.4 Å². The number of hydrogen-bond acceptors (Lipinski definition) is 2. The average molecular weight is 292 g/mol. The summed E-state index contributed by atoms with van der Waals surface area (Å²) in [6, 6.07) is 4.40. The van der Waals surface area contributed by atoms with E-state index in [9.17, 15) is 14.0 Å². The summed E-state index contributed by atoms with van der Waals surface area (Å²) in [6.07, 6.45) is 0. The van der Waals surface area contributed by atoms with Crippen molar-refractivity contribution < 1.29 is 19.1 Å². The molecule has 0 saturated heterocycles. The van der Waals surface area contributed by atoms with Gasteiger partial charge < -0.3 is 15.0 Å². The molecule has 1 atom stereocenters. The maximum atomic E-state index is 13.3. The smallest absolute Gasteiger partial charge is 0.308 e. The van der Waals surface area contributed by atoms with Crippen molar-refractivity contribution in [2.75, 3.05) is 13.6 Å². The Morgan fingerprint density at radius 3 is 2.67 bits per heavy atom. The normalized spacial score (nSPS) is 12.4. The van der Waals surface area contributed by atoms with Crippen molar-refractivity contribution in [1.82, 2.24) is 9.88 Å². The average Bonchev–Trinajstić information content (AvgIpc) is 2.81. The number of nitrogens with one attached hydrogen (secondary N) is 1. The van der Waals surface area contributed by atoms with Crippen molar-refractivity contribution in [2.24, 2.45) is 5.92 Å². The fourth-order valence-electron chi connectivity index (χ4n) is 2.27. The van der Waals surface area contributed by atoms with Gasteiger partial charge in [0.15, 0.2) is 0 Å². The number of carbonyl (C=O) groups is 2. The molecule has 2 aromatic rings. The van der Waals surface area contributed by atoms with Gasteiger partial charge in [-0.05, 0) is 30.7 Å². The number of H-pyrrole nitrogens is 1. The fourth-order valence-corrected chi connectivity index (χ4v) is 2.27. The van der Waals surface area contributed by atoms with Crippen LogP contribution in [0.3, 0.4) is 0 Å². The number of aromatic amines is 1. The lowest BCUT2D eigenvalue weighted by molar-refractivity contribution is -0.141. The van der Waals surface area contributed by atoms with Crippen LogP contribution in [0, 0.1) is 18.7 Å². The second-order valence-corrected chi connectivity index (χ2v) is 5.29. The number of amides is 1. The summed E-state index contributed by atoms with van der Waals surface area (Å²) in [6.45, 7) is 3.41. The van der Waals surface area contributed by atoms with E-state index in [1.54, 1.807) is 20.0 Å². The minimum absolute atomic E-state index is 0.108. The third kappa shape index (κ3) is 3.04. The van der Waals surface area contributed by atoms with Gasteiger partial charge in [-0.1, -0.05) is 6.92 Å². The van der Waals surface area contributed by atoms with Crippen LogP contribution in [0.4, 0.5) is 4.39 Å². The SMILES string of the molecule is Cc1cc(F)cc2[nH]c(C(=O)N(C)CC(C)C(=O)O)cc12. The maximum Gasteiger partial charge on any atom is 0.308 e. The number of benzene rings is 1. The Morgan fingerprint density at radius 2 is 2.05 bits per heavy atom. The molecule has 1 aromatic carbocycles. The second-order valence-electron chi connectivity index (χ2n) is 5.29. The van der Waals surface area contributed by atoms with Crippen LogP contribution in [-0.2, 0) is 4.79 Å². The van der Waals surface area contributed by atoms with Crippen molar-refractivity contribution in [1.29, 1.82) is 0 Å². The molecule has 0 aliphatic heterocycles. The van der Waals surface area contributed by atoms with E-state index in [0.29, 0.717) is 11.2 Å². The van der Waals surface area contributed by atoms with E-state index in [4.69, 9.17) is 5.11 Å². The summed E-state index contributed by atoms with van der Waals surface area (Å²) >= 11 is 0. The van der Waals surface area contributed by atoms with Crippen molar-refractivity contribution >= 4 is 22.8 Å². The number of rotatable bonds is 4. The first-order valence-electron chi connectivity index (χ1n) is 6.56. The van der Waals surface area contributed by atoms with Gasteiger partial charge in [-0.25, -0.2) is 4.39 Å². The van der Waals surface area contributed by atoms with E-state index in [-0.39, 0.29) is 18.3 Å². The first-order valence-corrected chi connectivity index (χ1v) is 6.56. The van der Waals surface area contributed by atoms with Gasteiger partial charge in [-0.2, -0.15) is 0 Å². The first-order chi connectivity index (χ1) is 9.79. The van der Waals surface area contributed by atoms with Crippen LogP contribution in [0.25, 0.3) is 10.9 Å². The van der Waals surface area contributed by atoms with Crippen molar-refractivity contribution in [3.63, 3.8) is 0 Å². The molecule has 0 radical (unpaired) electrons. The van der Waals surface area contributed by atoms with Crippen LogP contribution < -0.4 is 0 Å². The zero-order valence-corrected chi connectivity index (χ0v) is 12.1. The molecule has 0 aliphatic carbocycles. The number of fused-ring (bicyclic) bond motifs is 1. The molecule has 0 aliphatic rings. The Bertz CT molecular complexity index is 708. The van der Waals surface area contributed by atoms with E-state index in [0.717, 1.165) is 10.9 Å². The molecule has 2 N–H and O–H groups in total. The molecule has 1 unspecified atom stereocenters. The van der Waals surface area contributed by atoms with Gasteiger partial charge in [0.2, 0.25) is 0 Å². The lowest BCUT2D eigenvalue weighted by atomic mass is 10.1.